The monoisotopic (exact) mass is 246 g/mol. The van der Waals surface area contributed by atoms with Gasteiger partial charge in [-0.1, -0.05) is 13.8 Å². The highest BCUT2D eigenvalue weighted by Gasteiger charge is 2.21. The van der Waals surface area contributed by atoms with Crippen LogP contribution in [0, 0.1) is 5.92 Å². The summed E-state index contributed by atoms with van der Waals surface area (Å²) in [6, 6.07) is 0. The van der Waals surface area contributed by atoms with E-state index in [4.69, 9.17) is 14.2 Å². The zero-order valence-electron chi connectivity index (χ0n) is 11.9. The third-order valence-electron chi connectivity index (χ3n) is 1.79. The van der Waals surface area contributed by atoms with Gasteiger partial charge in [0.2, 0.25) is 0 Å². The lowest BCUT2D eigenvalue weighted by Crippen LogP contribution is -2.32. The van der Waals surface area contributed by atoms with Crippen molar-refractivity contribution in [3.8, 4) is 0 Å². The van der Waals surface area contributed by atoms with Gasteiger partial charge in [0.25, 0.3) is 0 Å². The molecule has 1 unspecified atom stereocenters. The molecule has 0 fully saturated rings. The van der Waals surface area contributed by atoms with Crippen LogP contribution in [0.4, 0.5) is 0 Å². The largest absolute Gasteiger partial charge is 0.458 e. The normalized spacial score (nSPS) is 13.8. The summed E-state index contributed by atoms with van der Waals surface area (Å²) in [6.07, 6.45) is -0.545. The van der Waals surface area contributed by atoms with Gasteiger partial charge in [-0.3, -0.25) is 0 Å². The van der Waals surface area contributed by atoms with Crippen molar-refractivity contribution < 1.29 is 19.0 Å². The molecule has 0 aromatic rings. The fourth-order valence-electron chi connectivity index (χ4n) is 1.06. The number of ether oxygens (including phenoxy) is 3. The van der Waals surface area contributed by atoms with Crippen molar-refractivity contribution in [2.75, 3.05) is 19.8 Å². The van der Waals surface area contributed by atoms with Crippen molar-refractivity contribution >= 4 is 5.97 Å². The smallest absolute Gasteiger partial charge is 0.335 e. The van der Waals surface area contributed by atoms with Gasteiger partial charge in [-0.2, -0.15) is 0 Å². The lowest BCUT2D eigenvalue weighted by atomic mass is 10.2. The van der Waals surface area contributed by atoms with Crippen LogP contribution in [0.2, 0.25) is 0 Å². The molecule has 0 aliphatic rings. The third kappa shape index (κ3) is 10.3. The van der Waals surface area contributed by atoms with Gasteiger partial charge in [-0.25, -0.2) is 4.79 Å². The summed E-state index contributed by atoms with van der Waals surface area (Å²) < 4.78 is 15.9. The Morgan fingerprint density at radius 2 is 1.71 bits per heavy atom. The van der Waals surface area contributed by atoms with Gasteiger partial charge < -0.3 is 14.2 Å². The highest BCUT2D eigenvalue weighted by atomic mass is 16.6. The Hall–Kier alpha value is -0.610. The molecular formula is C13H26O4. The summed E-state index contributed by atoms with van der Waals surface area (Å²) >= 11 is 0. The number of esters is 1. The number of hydrogen-bond acceptors (Lipinski definition) is 4. The first-order valence-electron chi connectivity index (χ1n) is 6.14. The molecule has 0 bridgehead atoms. The van der Waals surface area contributed by atoms with E-state index in [1.165, 1.54) is 0 Å². The molecule has 0 heterocycles. The number of hydrogen-bond donors (Lipinski definition) is 0. The van der Waals surface area contributed by atoms with Gasteiger partial charge >= 0.3 is 5.97 Å². The molecule has 1 atom stereocenters. The third-order valence-corrected chi connectivity index (χ3v) is 1.79. The van der Waals surface area contributed by atoms with E-state index in [0.717, 1.165) is 0 Å². The first-order chi connectivity index (χ1) is 7.72. The Balaban J connectivity index is 3.65. The van der Waals surface area contributed by atoms with E-state index >= 15 is 0 Å². The van der Waals surface area contributed by atoms with Gasteiger partial charge in [-0.05, 0) is 33.6 Å². The van der Waals surface area contributed by atoms with Crippen LogP contribution in [0.25, 0.3) is 0 Å². The molecule has 0 amide bonds. The standard InChI is InChI=1S/C13H26O4/c1-10(2)9-15-7-8-16-11(3)12(14)17-13(4,5)6/h10-11H,7-9H2,1-6H3. The molecule has 0 N–H and O–H groups in total. The lowest BCUT2D eigenvalue weighted by Gasteiger charge is -2.22. The zero-order valence-corrected chi connectivity index (χ0v) is 11.9. The maximum absolute atomic E-state index is 11.5. The number of carbonyl (C=O) groups is 1. The summed E-state index contributed by atoms with van der Waals surface area (Å²) in [5, 5.41) is 0. The minimum Gasteiger partial charge on any atom is -0.458 e. The Kier molecular flexibility index (Phi) is 7.39. The Morgan fingerprint density at radius 1 is 1.12 bits per heavy atom. The minimum absolute atomic E-state index is 0.332. The second-order valence-electron chi connectivity index (χ2n) is 5.52. The molecule has 0 saturated carbocycles. The molecule has 0 aromatic carbocycles. The molecule has 4 heteroatoms. The fourth-order valence-corrected chi connectivity index (χ4v) is 1.06. The molecular weight excluding hydrogens is 220 g/mol. The number of rotatable bonds is 7. The van der Waals surface area contributed by atoms with Gasteiger partial charge in [0.1, 0.15) is 5.60 Å². The summed E-state index contributed by atoms with van der Waals surface area (Å²) in [5.74, 6) is 0.180. The van der Waals surface area contributed by atoms with Gasteiger partial charge in [-0.15, -0.1) is 0 Å². The molecule has 0 aliphatic heterocycles. The molecule has 0 saturated heterocycles. The molecule has 0 radical (unpaired) electrons. The maximum Gasteiger partial charge on any atom is 0.335 e. The van der Waals surface area contributed by atoms with Crippen LogP contribution in [0.5, 0.6) is 0 Å². The average molecular weight is 246 g/mol. The van der Waals surface area contributed by atoms with Crippen LogP contribution >= 0.6 is 0 Å². The van der Waals surface area contributed by atoms with E-state index in [-0.39, 0.29) is 5.97 Å². The first-order valence-corrected chi connectivity index (χ1v) is 6.14. The Bertz CT molecular complexity index is 218. The molecule has 0 rings (SSSR count). The van der Waals surface area contributed by atoms with E-state index in [2.05, 4.69) is 13.8 Å². The van der Waals surface area contributed by atoms with Crippen LogP contribution in [-0.4, -0.2) is 37.5 Å². The highest BCUT2D eigenvalue weighted by Crippen LogP contribution is 2.09. The quantitative estimate of drug-likeness (QED) is 0.511. The Morgan fingerprint density at radius 3 is 2.18 bits per heavy atom. The SMILES string of the molecule is CC(C)COCCOC(C)C(=O)OC(C)(C)C. The molecule has 0 spiro atoms. The summed E-state index contributed by atoms with van der Waals surface area (Å²) in [7, 11) is 0. The van der Waals surface area contributed by atoms with Crippen molar-refractivity contribution in [3.63, 3.8) is 0 Å². The van der Waals surface area contributed by atoms with E-state index in [9.17, 15) is 4.79 Å². The lowest BCUT2D eigenvalue weighted by molar-refractivity contribution is -0.168. The average Bonchev–Trinajstić information content (AvgIpc) is 2.13. The molecule has 0 aromatic heterocycles. The summed E-state index contributed by atoms with van der Waals surface area (Å²) in [4.78, 5) is 11.5. The van der Waals surface area contributed by atoms with Crippen LogP contribution in [0.3, 0.4) is 0 Å². The van der Waals surface area contributed by atoms with Crippen LogP contribution in [0.15, 0.2) is 0 Å². The van der Waals surface area contributed by atoms with Gasteiger partial charge in [0.15, 0.2) is 6.10 Å². The Labute approximate surface area is 105 Å². The van der Waals surface area contributed by atoms with Gasteiger partial charge in [0.05, 0.1) is 13.2 Å². The van der Waals surface area contributed by atoms with E-state index in [1.54, 1.807) is 6.92 Å². The van der Waals surface area contributed by atoms with E-state index < -0.39 is 11.7 Å². The highest BCUT2D eigenvalue weighted by molar-refractivity contribution is 5.74. The minimum atomic E-state index is -0.545. The predicted molar refractivity (Wildman–Crippen MR) is 66.9 cm³/mol. The fraction of sp³-hybridized carbons (Fsp3) is 0.923. The van der Waals surface area contributed by atoms with Crippen LogP contribution in [-0.2, 0) is 19.0 Å². The predicted octanol–water partition coefficient (Wildman–Crippen LogP) is 2.41. The molecule has 4 nitrogen and oxygen atoms in total. The maximum atomic E-state index is 11.5. The van der Waals surface area contributed by atoms with Crippen molar-refractivity contribution in [1.29, 1.82) is 0 Å². The van der Waals surface area contributed by atoms with E-state index in [0.29, 0.717) is 25.7 Å². The van der Waals surface area contributed by atoms with Gasteiger partial charge in [0, 0.05) is 6.61 Å². The van der Waals surface area contributed by atoms with Crippen molar-refractivity contribution in [3.05, 3.63) is 0 Å². The summed E-state index contributed by atoms with van der Waals surface area (Å²) in [6.45, 7) is 13.0. The molecule has 0 aliphatic carbocycles. The second-order valence-corrected chi connectivity index (χ2v) is 5.52. The topological polar surface area (TPSA) is 44.8 Å². The van der Waals surface area contributed by atoms with E-state index in [1.807, 2.05) is 20.8 Å². The summed E-state index contributed by atoms with van der Waals surface area (Å²) in [5.41, 5.74) is -0.469. The second kappa shape index (κ2) is 7.67. The number of carbonyl (C=O) groups excluding carboxylic acids is 1. The molecule has 102 valence electrons. The van der Waals surface area contributed by atoms with Crippen LogP contribution < -0.4 is 0 Å². The van der Waals surface area contributed by atoms with Crippen molar-refractivity contribution in [2.24, 2.45) is 5.92 Å². The first kappa shape index (κ1) is 16.4. The van der Waals surface area contributed by atoms with Crippen LogP contribution in [0.1, 0.15) is 41.5 Å². The molecule has 17 heavy (non-hydrogen) atoms. The van der Waals surface area contributed by atoms with Crippen molar-refractivity contribution in [2.45, 2.75) is 53.2 Å². The zero-order chi connectivity index (χ0) is 13.5. The van der Waals surface area contributed by atoms with Crippen molar-refractivity contribution in [1.82, 2.24) is 0 Å².